The molecule has 1 aromatic carbocycles. The first kappa shape index (κ1) is 25.5. The Labute approximate surface area is 199 Å². The quantitative estimate of drug-likeness (QED) is 0.468. The lowest BCUT2D eigenvalue weighted by molar-refractivity contribution is -0.159. The standard InChI is InChI=1S/C23H31N3O2.C2H2O4/c1-17-14-22(18(2)26(17)20-6-7-20)23(27)16-25-12-10-24(11-13-25)15-19-4-8-21(28-3)9-5-19;3-1(4)2(5)6/h4-5,8-9,14,20H,6-7,10-13,15-16H2,1-3H3;(H,3,4)(H,5,6). The number of aryl methyl sites for hydroxylation is 1. The number of hydrogen-bond acceptors (Lipinski definition) is 6. The highest BCUT2D eigenvalue weighted by molar-refractivity contribution is 6.27. The topological polar surface area (TPSA) is 112 Å². The second-order valence-corrected chi connectivity index (χ2v) is 8.82. The molecule has 2 N–H and O–H groups in total. The van der Waals surface area contributed by atoms with Crippen molar-refractivity contribution in [2.75, 3.05) is 39.8 Å². The van der Waals surface area contributed by atoms with E-state index in [2.05, 4.69) is 46.4 Å². The fourth-order valence-corrected chi connectivity index (χ4v) is 4.34. The molecule has 1 saturated carbocycles. The van der Waals surface area contributed by atoms with Gasteiger partial charge >= 0.3 is 11.9 Å². The monoisotopic (exact) mass is 471 g/mol. The number of hydrogen-bond donors (Lipinski definition) is 2. The lowest BCUT2D eigenvalue weighted by Crippen LogP contribution is -2.47. The van der Waals surface area contributed by atoms with Crippen molar-refractivity contribution in [2.24, 2.45) is 0 Å². The van der Waals surface area contributed by atoms with Crippen LogP contribution in [0.5, 0.6) is 5.75 Å². The molecule has 1 aliphatic heterocycles. The Morgan fingerprint density at radius 3 is 2.00 bits per heavy atom. The molecule has 0 atom stereocenters. The van der Waals surface area contributed by atoms with Gasteiger partial charge in [-0.2, -0.15) is 0 Å². The molecule has 1 aliphatic carbocycles. The highest BCUT2D eigenvalue weighted by Crippen LogP contribution is 2.38. The lowest BCUT2D eigenvalue weighted by Gasteiger charge is -2.34. The van der Waals surface area contributed by atoms with E-state index in [-0.39, 0.29) is 5.78 Å². The first-order chi connectivity index (χ1) is 16.2. The molecule has 9 heteroatoms. The maximum Gasteiger partial charge on any atom is 0.414 e. The van der Waals surface area contributed by atoms with Crippen molar-refractivity contribution < 1.29 is 29.3 Å². The summed E-state index contributed by atoms with van der Waals surface area (Å²) in [5.74, 6) is -2.48. The van der Waals surface area contributed by atoms with Crippen LogP contribution in [0.3, 0.4) is 0 Å². The minimum absolute atomic E-state index is 0.267. The predicted octanol–water partition coefficient (Wildman–Crippen LogP) is 2.60. The highest BCUT2D eigenvalue weighted by Gasteiger charge is 2.29. The van der Waals surface area contributed by atoms with Gasteiger partial charge in [-0.1, -0.05) is 12.1 Å². The minimum Gasteiger partial charge on any atom is -0.497 e. The van der Waals surface area contributed by atoms with Crippen LogP contribution in [0.1, 0.15) is 46.2 Å². The number of ketones is 1. The van der Waals surface area contributed by atoms with Gasteiger partial charge in [0.2, 0.25) is 0 Å². The zero-order valence-corrected chi connectivity index (χ0v) is 20.0. The van der Waals surface area contributed by atoms with Gasteiger partial charge in [0.15, 0.2) is 5.78 Å². The van der Waals surface area contributed by atoms with Gasteiger partial charge in [-0.25, -0.2) is 9.59 Å². The third-order valence-electron chi connectivity index (χ3n) is 6.28. The van der Waals surface area contributed by atoms with Crippen molar-refractivity contribution in [3.63, 3.8) is 0 Å². The van der Waals surface area contributed by atoms with E-state index >= 15 is 0 Å². The Kier molecular flexibility index (Phi) is 8.46. The average molecular weight is 472 g/mol. The molecule has 2 aliphatic rings. The number of nitrogens with zero attached hydrogens (tertiary/aromatic N) is 3. The van der Waals surface area contributed by atoms with Gasteiger partial charge in [0.25, 0.3) is 0 Å². The number of aromatic nitrogens is 1. The maximum atomic E-state index is 12.9. The van der Waals surface area contributed by atoms with E-state index < -0.39 is 11.9 Å². The number of Topliss-reactive ketones (excluding diaryl/α,β-unsaturated/α-hetero) is 1. The fraction of sp³-hybridized carbons (Fsp3) is 0.480. The summed E-state index contributed by atoms with van der Waals surface area (Å²) in [6, 6.07) is 11.0. The first-order valence-corrected chi connectivity index (χ1v) is 11.4. The summed E-state index contributed by atoms with van der Waals surface area (Å²) in [6.07, 6.45) is 2.50. The van der Waals surface area contributed by atoms with Gasteiger partial charge in [-0.3, -0.25) is 14.6 Å². The number of carboxylic acids is 2. The van der Waals surface area contributed by atoms with E-state index in [1.54, 1.807) is 7.11 Å². The van der Waals surface area contributed by atoms with Crippen molar-refractivity contribution in [3.8, 4) is 5.75 Å². The summed E-state index contributed by atoms with van der Waals surface area (Å²) in [4.78, 5) is 35.9. The molecule has 34 heavy (non-hydrogen) atoms. The van der Waals surface area contributed by atoms with E-state index in [0.29, 0.717) is 12.6 Å². The Balaban J connectivity index is 0.000000481. The molecule has 1 saturated heterocycles. The van der Waals surface area contributed by atoms with Crippen LogP contribution in [0, 0.1) is 13.8 Å². The number of piperazine rings is 1. The SMILES string of the molecule is COc1ccc(CN2CCN(CC(=O)c3cc(C)n(C4CC4)c3C)CC2)cc1.O=C(O)C(=O)O. The highest BCUT2D eigenvalue weighted by atomic mass is 16.5. The number of rotatable bonds is 7. The van der Waals surface area contributed by atoms with Crippen LogP contribution in [0.4, 0.5) is 0 Å². The Bertz CT molecular complexity index is 1010. The van der Waals surface area contributed by atoms with Crippen LogP contribution in [0.25, 0.3) is 0 Å². The summed E-state index contributed by atoms with van der Waals surface area (Å²) in [5.41, 5.74) is 4.61. The summed E-state index contributed by atoms with van der Waals surface area (Å²) in [5, 5.41) is 14.8. The Hall–Kier alpha value is -3.17. The predicted molar refractivity (Wildman–Crippen MR) is 126 cm³/mol. The van der Waals surface area contributed by atoms with E-state index in [4.69, 9.17) is 24.5 Å². The van der Waals surface area contributed by atoms with Crippen LogP contribution >= 0.6 is 0 Å². The van der Waals surface area contributed by atoms with Crippen LogP contribution in [-0.2, 0) is 16.1 Å². The second-order valence-electron chi connectivity index (χ2n) is 8.82. The molecule has 4 rings (SSSR count). The molecule has 0 bridgehead atoms. The molecule has 2 fully saturated rings. The maximum absolute atomic E-state index is 12.9. The molecule has 0 spiro atoms. The van der Waals surface area contributed by atoms with Gasteiger partial charge in [0, 0.05) is 55.7 Å². The third kappa shape index (κ3) is 6.68. The van der Waals surface area contributed by atoms with Crippen LogP contribution in [0.15, 0.2) is 30.3 Å². The molecular formula is C25H33N3O6. The molecule has 1 aromatic heterocycles. The number of ether oxygens (including phenoxy) is 1. The van der Waals surface area contributed by atoms with E-state index in [1.165, 1.54) is 24.1 Å². The Morgan fingerprint density at radius 2 is 1.50 bits per heavy atom. The zero-order valence-electron chi connectivity index (χ0n) is 20.0. The average Bonchev–Trinajstić information content (AvgIpc) is 3.60. The number of carbonyl (C=O) groups is 3. The lowest BCUT2D eigenvalue weighted by atomic mass is 10.1. The van der Waals surface area contributed by atoms with Crippen molar-refractivity contribution in [3.05, 3.63) is 52.8 Å². The Morgan fingerprint density at radius 1 is 0.941 bits per heavy atom. The molecule has 2 heterocycles. The second kappa shape index (κ2) is 11.3. The molecule has 9 nitrogen and oxygen atoms in total. The molecule has 0 radical (unpaired) electrons. The summed E-state index contributed by atoms with van der Waals surface area (Å²) in [7, 11) is 1.69. The molecular weight excluding hydrogens is 438 g/mol. The molecule has 2 aromatic rings. The largest absolute Gasteiger partial charge is 0.497 e. The van der Waals surface area contributed by atoms with Crippen molar-refractivity contribution in [2.45, 2.75) is 39.3 Å². The number of benzene rings is 1. The molecule has 0 unspecified atom stereocenters. The summed E-state index contributed by atoms with van der Waals surface area (Å²) < 4.78 is 7.59. The van der Waals surface area contributed by atoms with Crippen molar-refractivity contribution in [1.82, 2.24) is 14.4 Å². The summed E-state index contributed by atoms with van der Waals surface area (Å²) >= 11 is 0. The van der Waals surface area contributed by atoms with Gasteiger partial charge in [-0.05, 0) is 50.5 Å². The smallest absolute Gasteiger partial charge is 0.414 e. The number of carbonyl (C=O) groups excluding carboxylic acids is 1. The zero-order chi connectivity index (χ0) is 24.8. The molecule has 184 valence electrons. The van der Waals surface area contributed by atoms with Crippen molar-refractivity contribution >= 4 is 17.7 Å². The van der Waals surface area contributed by atoms with Crippen LogP contribution in [0.2, 0.25) is 0 Å². The van der Waals surface area contributed by atoms with Crippen molar-refractivity contribution in [1.29, 1.82) is 0 Å². The fourth-order valence-electron chi connectivity index (χ4n) is 4.34. The van der Waals surface area contributed by atoms with Crippen LogP contribution in [-0.4, -0.2) is 82.1 Å². The molecule has 0 amide bonds. The van der Waals surface area contributed by atoms with E-state index in [9.17, 15) is 4.79 Å². The van der Waals surface area contributed by atoms with Gasteiger partial charge < -0.3 is 19.5 Å². The minimum atomic E-state index is -1.82. The normalized spacial score (nSPS) is 16.4. The van der Waals surface area contributed by atoms with Gasteiger partial charge in [0.05, 0.1) is 13.7 Å². The number of methoxy groups -OCH3 is 1. The van der Waals surface area contributed by atoms with Gasteiger partial charge in [0.1, 0.15) is 5.75 Å². The first-order valence-electron chi connectivity index (χ1n) is 11.4. The third-order valence-corrected chi connectivity index (χ3v) is 6.28. The van der Waals surface area contributed by atoms with Gasteiger partial charge in [-0.15, -0.1) is 0 Å². The van der Waals surface area contributed by atoms with E-state index in [1.807, 2.05) is 12.1 Å². The van der Waals surface area contributed by atoms with E-state index in [0.717, 1.165) is 49.7 Å². The summed E-state index contributed by atoms with van der Waals surface area (Å²) in [6.45, 7) is 9.61. The number of carboxylic acid groups (broad SMARTS) is 2. The van der Waals surface area contributed by atoms with Crippen LogP contribution < -0.4 is 4.74 Å². The number of aliphatic carboxylic acids is 2.